The van der Waals surface area contributed by atoms with E-state index in [0.29, 0.717) is 45.8 Å². The molecule has 1 aliphatic rings. The Morgan fingerprint density at radius 2 is 1.88 bits per heavy atom. The van der Waals surface area contributed by atoms with E-state index < -0.39 is 0 Å². The Morgan fingerprint density at radius 3 is 2.68 bits per heavy atom. The number of aryl methyl sites for hydroxylation is 3. The second kappa shape index (κ2) is 9.15. The Bertz CT molecular complexity index is 1480. The van der Waals surface area contributed by atoms with Crippen molar-refractivity contribution in [1.29, 1.82) is 0 Å². The number of anilines is 1. The van der Waals surface area contributed by atoms with Gasteiger partial charge in [-0.15, -0.1) is 11.3 Å². The number of aromatic nitrogens is 2. The Kier molecular flexibility index (Phi) is 6.05. The van der Waals surface area contributed by atoms with E-state index in [1.807, 2.05) is 45.0 Å². The second-order valence-corrected chi connectivity index (χ2v) is 10.1. The average Bonchev–Trinajstić information content (AvgIpc) is 3.12. The number of nitrogens with one attached hydrogen (secondary N) is 1. The third-order valence-electron chi connectivity index (χ3n) is 5.69. The Balaban J connectivity index is 1.45. The summed E-state index contributed by atoms with van der Waals surface area (Å²) in [5.41, 5.74) is 3.18. The van der Waals surface area contributed by atoms with Crippen molar-refractivity contribution in [2.24, 2.45) is 0 Å². The summed E-state index contributed by atoms with van der Waals surface area (Å²) in [4.78, 5) is 32.9. The van der Waals surface area contributed by atoms with E-state index in [4.69, 9.17) is 14.5 Å². The zero-order valence-electron chi connectivity index (χ0n) is 19.0. The molecule has 5 rings (SSSR count). The molecule has 0 saturated carbocycles. The molecule has 3 heterocycles. The maximum atomic E-state index is 13.6. The van der Waals surface area contributed by atoms with Gasteiger partial charge in [0.15, 0.2) is 16.7 Å². The first-order chi connectivity index (χ1) is 16.4. The minimum Gasteiger partial charge on any atom is -0.486 e. The van der Waals surface area contributed by atoms with Gasteiger partial charge in [-0.1, -0.05) is 30.0 Å². The maximum absolute atomic E-state index is 13.6. The molecule has 2 aromatic carbocycles. The topological polar surface area (TPSA) is 82.5 Å². The van der Waals surface area contributed by atoms with Crippen molar-refractivity contribution < 1.29 is 14.3 Å². The highest BCUT2D eigenvalue weighted by molar-refractivity contribution is 7.99. The van der Waals surface area contributed by atoms with E-state index in [1.54, 1.807) is 22.8 Å². The smallest absolute Gasteiger partial charge is 0.267 e. The van der Waals surface area contributed by atoms with Gasteiger partial charge in [-0.25, -0.2) is 4.98 Å². The SMILES string of the molecule is Cc1ccccc1-n1c(SCC(=O)Nc2ccc3c(c2)OCCO3)nc2sc(C)c(C)c2c1=O. The summed E-state index contributed by atoms with van der Waals surface area (Å²) in [5.74, 6) is 1.17. The van der Waals surface area contributed by atoms with Crippen LogP contribution >= 0.6 is 23.1 Å². The third kappa shape index (κ3) is 4.17. The lowest BCUT2D eigenvalue weighted by Crippen LogP contribution is -2.23. The summed E-state index contributed by atoms with van der Waals surface area (Å²) < 4.78 is 12.7. The fourth-order valence-electron chi connectivity index (χ4n) is 3.85. The molecular weight excluding hydrogens is 470 g/mol. The minimum absolute atomic E-state index is 0.0988. The van der Waals surface area contributed by atoms with Crippen LogP contribution < -0.4 is 20.3 Å². The molecule has 0 saturated heterocycles. The molecule has 7 nitrogen and oxygen atoms in total. The monoisotopic (exact) mass is 493 g/mol. The molecular formula is C25H23N3O4S2. The van der Waals surface area contributed by atoms with Crippen molar-refractivity contribution >= 4 is 44.9 Å². The predicted octanol–water partition coefficient (Wildman–Crippen LogP) is 4.87. The highest BCUT2D eigenvalue weighted by Crippen LogP contribution is 2.33. The lowest BCUT2D eigenvalue weighted by atomic mass is 10.2. The standard InChI is InChI=1S/C25H23N3O4S2/c1-14-6-4-5-7-18(14)28-24(30)22-15(2)16(3)34-23(22)27-25(28)33-13-21(29)26-17-8-9-19-20(12-17)32-11-10-31-19/h4-9,12H,10-11,13H2,1-3H3,(H,26,29). The first-order valence-corrected chi connectivity index (χ1v) is 12.6. The van der Waals surface area contributed by atoms with E-state index >= 15 is 0 Å². The average molecular weight is 494 g/mol. The number of ether oxygens (including phenoxy) is 2. The molecule has 34 heavy (non-hydrogen) atoms. The molecule has 0 radical (unpaired) electrons. The number of thiophene rings is 1. The predicted molar refractivity (Wildman–Crippen MR) is 136 cm³/mol. The molecule has 0 bridgehead atoms. The van der Waals surface area contributed by atoms with Crippen LogP contribution in [0.2, 0.25) is 0 Å². The quantitative estimate of drug-likeness (QED) is 0.315. The number of hydrogen-bond acceptors (Lipinski definition) is 7. The van der Waals surface area contributed by atoms with Crippen molar-refractivity contribution in [3.63, 3.8) is 0 Å². The first-order valence-electron chi connectivity index (χ1n) is 10.8. The summed E-state index contributed by atoms with van der Waals surface area (Å²) in [7, 11) is 0. The fourth-order valence-corrected chi connectivity index (χ4v) is 5.72. The number of carbonyl (C=O) groups is 1. The van der Waals surface area contributed by atoms with Crippen LogP contribution in [0, 0.1) is 20.8 Å². The number of nitrogens with zero attached hydrogens (tertiary/aromatic N) is 2. The van der Waals surface area contributed by atoms with Crippen molar-refractivity contribution in [3.05, 3.63) is 68.8 Å². The van der Waals surface area contributed by atoms with E-state index in [2.05, 4.69) is 5.32 Å². The summed E-state index contributed by atoms with van der Waals surface area (Å²) >= 11 is 2.74. The number of thioether (sulfide) groups is 1. The number of hydrogen-bond donors (Lipinski definition) is 1. The van der Waals surface area contributed by atoms with Crippen LogP contribution in [0.3, 0.4) is 0 Å². The number of carbonyl (C=O) groups excluding carboxylic acids is 1. The van der Waals surface area contributed by atoms with Crippen LogP contribution in [0.1, 0.15) is 16.0 Å². The number of rotatable bonds is 5. The van der Waals surface area contributed by atoms with Gasteiger partial charge in [0.1, 0.15) is 18.0 Å². The van der Waals surface area contributed by atoms with Crippen LogP contribution in [0.25, 0.3) is 15.9 Å². The number of fused-ring (bicyclic) bond motifs is 2. The van der Waals surface area contributed by atoms with Gasteiger partial charge < -0.3 is 14.8 Å². The van der Waals surface area contributed by atoms with Gasteiger partial charge in [0.05, 0.1) is 16.8 Å². The third-order valence-corrected chi connectivity index (χ3v) is 7.73. The Morgan fingerprint density at radius 1 is 1.12 bits per heavy atom. The molecule has 1 N–H and O–H groups in total. The molecule has 2 aromatic heterocycles. The zero-order valence-corrected chi connectivity index (χ0v) is 20.6. The minimum atomic E-state index is -0.203. The van der Waals surface area contributed by atoms with E-state index in [-0.39, 0.29) is 17.2 Å². The fraction of sp³-hybridized carbons (Fsp3) is 0.240. The molecule has 1 aliphatic heterocycles. The lowest BCUT2D eigenvalue weighted by molar-refractivity contribution is -0.113. The highest BCUT2D eigenvalue weighted by Gasteiger charge is 2.20. The number of para-hydroxylation sites is 1. The van der Waals surface area contributed by atoms with Gasteiger partial charge in [0.25, 0.3) is 5.56 Å². The van der Waals surface area contributed by atoms with Crippen molar-refractivity contribution in [3.8, 4) is 17.2 Å². The summed E-state index contributed by atoms with van der Waals surface area (Å²) in [6.07, 6.45) is 0. The summed E-state index contributed by atoms with van der Waals surface area (Å²) in [6.45, 7) is 6.89. The van der Waals surface area contributed by atoms with Gasteiger partial charge in [-0.3, -0.25) is 14.2 Å². The van der Waals surface area contributed by atoms with Gasteiger partial charge in [-0.05, 0) is 50.1 Å². The van der Waals surface area contributed by atoms with Crippen molar-refractivity contribution in [2.75, 3.05) is 24.3 Å². The zero-order chi connectivity index (χ0) is 23.8. The van der Waals surface area contributed by atoms with Gasteiger partial charge in [0, 0.05) is 16.6 Å². The molecule has 0 unspecified atom stereocenters. The molecule has 0 aliphatic carbocycles. The molecule has 0 spiro atoms. The van der Waals surface area contributed by atoms with E-state index in [0.717, 1.165) is 21.7 Å². The summed E-state index contributed by atoms with van der Waals surface area (Å²) in [6, 6.07) is 13.0. The molecule has 174 valence electrons. The molecule has 9 heteroatoms. The van der Waals surface area contributed by atoms with Gasteiger partial charge in [-0.2, -0.15) is 0 Å². The summed E-state index contributed by atoms with van der Waals surface area (Å²) in [5, 5.41) is 4.02. The highest BCUT2D eigenvalue weighted by atomic mass is 32.2. The molecule has 0 fully saturated rings. The normalized spacial score (nSPS) is 12.7. The van der Waals surface area contributed by atoms with E-state index in [1.165, 1.54) is 23.1 Å². The number of benzene rings is 2. The van der Waals surface area contributed by atoms with Crippen molar-refractivity contribution in [1.82, 2.24) is 9.55 Å². The molecule has 4 aromatic rings. The molecule has 0 atom stereocenters. The van der Waals surface area contributed by atoms with Gasteiger partial charge in [0.2, 0.25) is 5.91 Å². The van der Waals surface area contributed by atoms with E-state index in [9.17, 15) is 9.59 Å². The Hall–Kier alpha value is -3.30. The van der Waals surface area contributed by atoms with Crippen LogP contribution in [0.15, 0.2) is 52.4 Å². The van der Waals surface area contributed by atoms with Gasteiger partial charge >= 0.3 is 0 Å². The number of amides is 1. The second-order valence-electron chi connectivity index (χ2n) is 7.98. The first kappa shape index (κ1) is 22.5. The van der Waals surface area contributed by atoms with Crippen LogP contribution in [0.5, 0.6) is 11.5 Å². The Labute approximate surface area is 204 Å². The maximum Gasteiger partial charge on any atom is 0.267 e. The van der Waals surface area contributed by atoms with Crippen LogP contribution in [-0.2, 0) is 4.79 Å². The van der Waals surface area contributed by atoms with Crippen LogP contribution in [-0.4, -0.2) is 34.4 Å². The van der Waals surface area contributed by atoms with Crippen molar-refractivity contribution in [2.45, 2.75) is 25.9 Å². The molecule has 1 amide bonds. The largest absolute Gasteiger partial charge is 0.486 e. The lowest BCUT2D eigenvalue weighted by Gasteiger charge is -2.19. The van der Waals surface area contributed by atoms with Crippen LogP contribution in [0.4, 0.5) is 5.69 Å².